The van der Waals surface area contributed by atoms with Gasteiger partial charge in [0.15, 0.2) is 12.4 Å². The molecule has 0 amide bonds. The lowest BCUT2D eigenvalue weighted by atomic mass is 9.91. The van der Waals surface area contributed by atoms with Crippen LogP contribution in [0, 0.1) is 5.41 Å². The Balaban J connectivity index is 0.00000169. The van der Waals surface area contributed by atoms with E-state index in [0.717, 1.165) is 0 Å². The van der Waals surface area contributed by atoms with E-state index >= 15 is 0 Å². The van der Waals surface area contributed by atoms with E-state index in [9.17, 15) is 4.79 Å². The summed E-state index contributed by atoms with van der Waals surface area (Å²) in [5.41, 5.74) is -0.247. The molecule has 3 heteroatoms. The van der Waals surface area contributed by atoms with Gasteiger partial charge in [-0.1, -0.05) is 26.8 Å². The topological polar surface area (TPSA) is 20.9 Å². The molecule has 0 aliphatic rings. The summed E-state index contributed by atoms with van der Waals surface area (Å²) in [6, 6.07) is 5.80. The van der Waals surface area contributed by atoms with Gasteiger partial charge >= 0.3 is 0 Å². The summed E-state index contributed by atoms with van der Waals surface area (Å²) in [6.45, 7) is 6.29. The molecular formula is C11H16BrNO. The number of ketones is 1. The zero-order valence-electron chi connectivity index (χ0n) is 8.83. The highest BCUT2D eigenvalue weighted by Crippen LogP contribution is 2.13. The quantitative estimate of drug-likeness (QED) is 0.597. The van der Waals surface area contributed by atoms with Crippen LogP contribution in [0.15, 0.2) is 30.6 Å². The van der Waals surface area contributed by atoms with Gasteiger partial charge in [0.25, 0.3) is 0 Å². The molecule has 14 heavy (non-hydrogen) atoms. The van der Waals surface area contributed by atoms with Crippen molar-refractivity contribution in [2.24, 2.45) is 5.41 Å². The van der Waals surface area contributed by atoms with E-state index in [1.807, 2.05) is 55.9 Å². The second-order valence-electron chi connectivity index (χ2n) is 4.22. The molecule has 1 aromatic rings. The summed E-state index contributed by atoms with van der Waals surface area (Å²) >= 11 is 0. The van der Waals surface area contributed by atoms with E-state index in [1.54, 1.807) is 0 Å². The smallest absolute Gasteiger partial charge is 0.206 e. The van der Waals surface area contributed by atoms with Gasteiger partial charge in [-0.3, -0.25) is 4.79 Å². The van der Waals surface area contributed by atoms with Gasteiger partial charge < -0.3 is 17.0 Å². The monoisotopic (exact) mass is 257 g/mol. The molecular weight excluding hydrogens is 242 g/mol. The highest BCUT2D eigenvalue weighted by molar-refractivity contribution is 5.82. The minimum Gasteiger partial charge on any atom is -1.00 e. The van der Waals surface area contributed by atoms with Crippen molar-refractivity contribution >= 4 is 5.78 Å². The van der Waals surface area contributed by atoms with Crippen LogP contribution in [0.25, 0.3) is 0 Å². The van der Waals surface area contributed by atoms with Gasteiger partial charge in [-0.25, -0.2) is 0 Å². The highest BCUT2D eigenvalue weighted by Gasteiger charge is 2.24. The fourth-order valence-electron chi connectivity index (χ4n) is 0.943. The van der Waals surface area contributed by atoms with Crippen molar-refractivity contribution in [3.63, 3.8) is 0 Å². The first-order valence-electron chi connectivity index (χ1n) is 4.47. The molecule has 0 aromatic carbocycles. The maximum atomic E-state index is 11.6. The van der Waals surface area contributed by atoms with Crippen molar-refractivity contribution in [3.8, 4) is 0 Å². The molecule has 1 aromatic heterocycles. The SMILES string of the molecule is CC(C)(C)C(=O)C[n+]1ccccc1.[Br-]. The molecule has 0 atom stereocenters. The number of pyridine rings is 1. The van der Waals surface area contributed by atoms with Gasteiger partial charge in [0, 0.05) is 17.5 Å². The zero-order chi connectivity index (χ0) is 9.90. The first-order chi connectivity index (χ1) is 6.00. The third-order valence-electron chi connectivity index (χ3n) is 1.94. The van der Waals surface area contributed by atoms with Gasteiger partial charge in [0.05, 0.1) is 0 Å². The number of nitrogens with zero attached hydrogens (tertiary/aromatic N) is 1. The van der Waals surface area contributed by atoms with E-state index in [0.29, 0.717) is 6.54 Å². The number of rotatable bonds is 2. The number of Topliss-reactive ketones (excluding diaryl/α,β-unsaturated/α-hetero) is 1. The van der Waals surface area contributed by atoms with E-state index in [2.05, 4.69) is 0 Å². The molecule has 0 aliphatic heterocycles. The van der Waals surface area contributed by atoms with Crippen molar-refractivity contribution in [2.75, 3.05) is 0 Å². The number of aromatic nitrogens is 1. The molecule has 2 nitrogen and oxygen atoms in total. The van der Waals surface area contributed by atoms with Crippen molar-refractivity contribution in [1.29, 1.82) is 0 Å². The van der Waals surface area contributed by atoms with Crippen LogP contribution in [0.1, 0.15) is 20.8 Å². The van der Waals surface area contributed by atoms with Crippen LogP contribution in [0.3, 0.4) is 0 Å². The zero-order valence-corrected chi connectivity index (χ0v) is 10.4. The molecule has 0 radical (unpaired) electrons. The van der Waals surface area contributed by atoms with Gasteiger partial charge in [0.2, 0.25) is 12.3 Å². The van der Waals surface area contributed by atoms with Crippen LogP contribution < -0.4 is 21.5 Å². The average Bonchev–Trinajstić information content (AvgIpc) is 2.04. The maximum absolute atomic E-state index is 11.6. The molecule has 0 fully saturated rings. The standard InChI is InChI=1S/C11H16NO.BrH/c1-11(2,3)10(13)9-12-7-5-4-6-8-12;/h4-8H,9H2,1-3H3;1H/q+1;/p-1. The van der Waals surface area contributed by atoms with Gasteiger partial charge in [-0.2, -0.15) is 4.57 Å². The Labute approximate surface area is 95.7 Å². The van der Waals surface area contributed by atoms with E-state index < -0.39 is 0 Å². The minimum atomic E-state index is -0.247. The third kappa shape index (κ3) is 4.01. The van der Waals surface area contributed by atoms with E-state index in [4.69, 9.17) is 0 Å². The van der Waals surface area contributed by atoms with Crippen LogP contribution in [-0.4, -0.2) is 5.78 Å². The molecule has 0 bridgehead atoms. The number of carbonyl (C=O) groups excluding carboxylic acids is 1. The van der Waals surface area contributed by atoms with Crippen LogP contribution in [0.5, 0.6) is 0 Å². The summed E-state index contributed by atoms with van der Waals surface area (Å²) in [5, 5.41) is 0. The molecule has 0 N–H and O–H groups in total. The lowest BCUT2D eigenvalue weighted by Crippen LogP contribution is -3.00. The second-order valence-corrected chi connectivity index (χ2v) is 4.22. The lowest BCUT2D eigenvalue weighted by Gasteiger charge is -2.13. The third-order valence-corrected chi connectivity index (χ3v) is 1.94. The first kappa shape index (κ1) is 13.3. The normalized spacial score (nSPS) is 10.5. The average molecular weight is 258 g/mol. The maximum Gasteiger partial charge on any atom is 0.206 e. The van der Waals surface area contributed by atoms with Crippen LogP contribution in [-0.2, 0) is 11.3 Å². The molecule has 0 aliphatic carbocycles. The molecule has 1 rings (SSSR count). The predicted molar refractivity (Wildman–Crippen MR) is 51.1 cm³/mol. The van der Waals surface area contributed by atoms with Crippen molar-refractivity contribution < 1.29 is 26.3 Å². The minimum absolute atomic E-state index is 0. The Morgan fingerprint density at radius 1 is 1.14 bits per heavy atom. The van der Waals surface area contributed by atoms with E-state index in [1.165, 1.54) is 0 Å². The summed E-state index contributed by atoms with van der Waals surface area (Å²) < 4.78 is 1.90. The highest BCUT2D eigenvalue weighted by atomic mass is 79.9. The van der Waals surface area contributed by atoms with Crippen LogP contribution in [0.2, 0.25) is 0 Å². The Kier molecular flexibility index (Phi) is 4.99. The summed E-state index contributed by atoms with van der Waals surface area (Å²) in [5.74, 6) is 0.253. The molecule has 1 heterocycles. The van der Waals surface area contributed by atoms with Gasteiger partial charge in [-0.15, -0.1) is 0 Å². The lowest BCUT2D eigenvalue weighted by molar-refractivity contribution is -0.684. The van der Waals surface area contributed by atoms with Gasteiger partial charge in [-0.05, 0) is 0 Å². The number of carbonyl (C=O) groups is 1. The van der Waals surface area contributed by atoms with Gasteiger partial charge in [0.1, 0.15) is 0 Å². The summed E-state index contributed by atoms with van der Waals surface area (Å²) in [6.07, 6.45) is 3.81. The molecule has 78 valence electrons. The van der Waals surface area contributed by atoms with Crippen LogP contribution in [0.4, 0.5) is 0 Å². The Hall–Kier alpha value is -0.700. The Morgan fingerprint density at radius 3 is 2.07 bits per heavy atom. The van der Waals surface area contributed by atoms with Crippen LogP contribution >= 0.6 is 0 Å². The second kappa shape index (κ2) is 5.25. The fraction of sp³-hybridized carbons (Fsp3) is 0.455. The molecule has 0 spiro atoms. The first-order valence-corrected chi connectivity index (χ1v) is 4.47. The number of hydrogen-bond acceptors (Lipinski definition) is 1. The number of hydrogen-bond donors (Lipinski definition) is 0. The molecule has 0 saturated heterocycles. The van der Waals surface area contributed by atoms with Crippen molar-refractivity contribution in [2.45, 2.75) is 27.3 Å². The Morgan fingerprint density at radius 2 is 1.64 bits per heavy atom. The number of halogens is 1. The summed E-state index contributed by atoms with van der Waals surface area (Å²) in [4.78, 5) is 11.6. The fourth-order valence-corrected chi connectivity index (χ4v) is 0.943. The molecule has 0 unspecified atom stereocenters. The summed E-state index contributed by atoms with van der Waals surface area (Å²) in [7, 11) is 0. The van der Waals surface area contributed by atoms with Crippen molar-refractivity contribution in [3.05, 3.63) is 30.6 Å². The predicted octanol–water partition coefficient (Wildman–Crippen LogP) is -1.41. The van der Waals surface area contributed by atoms with Crippen molar-refractivity contribution in [1.82, 2.24) is 0 Å². The van der Waals surface area contributed by atoms with E-state index in [-0.39, 0.29) is 28.2 Å². The largest absolute Gasteiger partial charge is 1.00 e. The Bertz CT molecular complexity index is 290. The molecule has 0 saturated carbocycles.